The third-order valence-corrected chi connectivity index (χ3v) is 5.33. The normalized spacial score (nSPS) is 20.9. The van der Waals surface area contributed by atoms with Crippen molar-refractivity contribution < 1.29 is 4.79 Å². The Morgan fingerprint density at radius 1 is 1.22 bits per heavy atom. The molecule has 0 spiro atoms. The third kappa shape index (κ3) is 3.20. The van der Waals surface area contributed by atoms with Crippen molar-refractivity contribution in [2.45, 2.75) is 25.8 Å². The largest absolute Gasteiger partial charge is 0.342 e. The van der Waals surface area contributed by atoms with Gasteiger partial charge in [0, 0.05) is 48.0 Å². The van der Waals surface area contributed by atoms with Crippen LogP contribution in [0, 0.1) is 11.8 Å². The summed E-state index contributed by atoms with van der Waals surface area (Å²) in [5, 5.41) is 0. The zero-order chi connectivity index (χ0) is 15.8. The maximum Gasteiger partial charge on any atom is 0.225 e. The molecule has 1 amide bonds. The summed E-state index contributed by atoms with van der Waals surface area (Å²) in [6, 6.07) is 8.25. The first-order valence-electron chi connectivity index (χ1n) is 8.26. The van der Waals surface area contributed by atoms with Gasteiger partial charge in [-0.2, -0.15) is 0 Å². The quantitative estimate of drug-likeness (QED) is 0.821. The maximum absolute atomic E-state index is 12.2. The van der Waals surface area contributed by atoms with Crippen molar-refractivity contribution in [3.63, 3.8) is 0 Å². The molecule has 120 valence electrons. The smallest absolute Gasteiger partial charge is 0.225 e. The number of imidazole rings is 1. The molecular formula is C18H20BrN3O. The number of aromatic nitrogens is 2. The lowest BCUT2D eigenvalue weighted by molar-refractivity contribution is -0.131. The summed E-state index contributed by atoms with van der Waals surface area (Å²) in [6.07, 6.45) is 7.18. The zero-order valence-corrected chi connectivity index (χ0v) is 14.6. The van der Waals surface area contributed by atoms with Gasteiger partial charge in [-0.15, -0.1) is 0 Å². The van der Waals surface area contributed by atoms with Gasteiger partial charge in [-0.1, -0.05) is 28.1 Å². The van der Waals surface area contributed by atoms with E-state index in [2.05, 4.69) is 42.5 Å². The number of amides is 1. The summed E-state index contributed by atoms with van der Waals surface area (Å²) in [5.41, 5.74) is 1.13. The van der Waals surface area contributed by atoms with Crippen molar-refractivity contribution in [2.75, 3.05) is 13.1 Å². The molecule has 4 rings (SSSR count). The second-order valence-electron chi connectivity index (χ2n) is 6.62. The Morgan fingerprint density at radius 2 is 2.00 bits per heavy atom. The Labute approximate surface area is 144 Å². The second-order valence-corrected chi connectivity index (χ2v) is 7.54. The minimum atomic E-state index is 0.334. The van der Waals surface area contributed by atoms with E-state index in [4.69, 9.17) is 0 Å². The van der Waals surface area contributed by atoms with Gasteiger partial charge in [0.2, 0.25) is 5.91 Å². The molecule has 1 atom stereocenters. The molecule has 1 aromatic heterocycles. The minimum Gasteiger partial charge on any atom is -0.342 e. The Kier molecular flexibility index (Phi) is 3.97. The molecule has 1 saturated carbocycles. The van der Waals surface area contributed by atoms with Gasteiger partial charge < -0.3 is 9.47 Å². The predicted octanol–water partition coefficient (Wildman–Crippen LogP) is 3.57. The summed E-state index contributed by atoms with van der Waals surface area (Å²) in [4.78, 5) is 18.8. The van der Waals surface area contributed by atoms with Crippen LogP contribution in [0.15, 0.2) is 41.1 Å². The van der Waals surface area contributed by atoms with E-state index in [1.165, 1.54) is 0 Å². The van der Waals surface area contributed by atoms with Crippen LogP contribution < -0.4 is 0 Å². The van der Waals surface area contributed by atoms with Crippen LogP contribution in [0.1, 0.15) is 19.3 Å². The highest BCUT2D eigenvalue weighted by Gasteiger charge is 2.36. The molecule has 2 aliphatic rings. The van der Waals surface area contributed by atoms with Crippen LogP contribution in [0.4, 0.5) is 0 Å². The van der Waals surface area contributed by atoms with E-state index in [1.807, 2.05) is 24.5 Å². The Balaban J connectivity index is 1.45. The van der Waals surface area contributed by atoms with Gasteiger partial charge in [-0.05, 0) is 37.3 Å². The number of nitrogens with zero attached hydrogens (tertiary/aromatic N) is 3. The van der Waals surface area contributed by atoms with Crippen LogP contribution in [-0.4, -0.2) is 33.4 Å². The summed E-state index contributed by atoms with van der Waals surface area (Å²) in [6.45, 7) is 2.75. The molecule has 1 saturated heterocycles. The van der Waals surface area contributed by atoms with Gasteiger partial charge in [-0.25, -0.2) is 4.98 Å². The SMILES string of the molecule is O=C(C1CC1)N1CC[C@H](Cn2ccnc2-c2ccc(Br)cc2)C1. The molecule has 0 radical (unpaired) electrons. The fourth-order valence-electron chi connectivity index (χ4n) is 3.36. The zero-order valence-electron chi connectivity index (χ0n) is 13.0. The highest BCUT2D eigenvalue weighted by atomic mass is 79.9. The Bertz CT molecular complexity index is 705. The molecule has 1 aromatic carbocycles. The van der Waals surface area contributed by atoms with Crippen LogP contribution in [0.3, 0.4) is 0 Å². The van der Waals surface area contributed by atoms with Crippen LogP contribution in [0.5, 0.6) is 0 Å². The van der Waals surface area contributed by atoms with Crippen molar-refractivity contribution >= 4 is 21.8 Å². The van der Waals surface area contributed by atoms with Crippen LogP contribution in [-0.2, 0) is 11.3 Å². The number of carbonyl (C=O) groups excluding carboxylic acids is 1. The van der Waals surface area contributed by atoms with E-state index in [0.717, 1.165) is 54.8 Å². The number of hydrogen-bond donors (Lipinski definition) is 0. The standard InChI is InChI=1S/C18H20BrN3O/c19-16-5-3-14(4-6-16)17-20-8-10-21(17)11-13-7-9-22(12-13)18(23)15-1-2-15/h3-6,8,10,13,15H,1-2,7,9,11-12H2/t13-/m1/s1. The maximum atomic E-state index is 12.2. The van der Waals surface area contributed by atoms with E-state index < -0.39 is 0 Å². The lowest BCUT2D eigenvalue weighted by atomic mass is 10.1. The molecule has 2 aromatic rings. The summed E-state index contributed by atoms with van der Waals surface area (Å²) in [7, 11) is 0. The molecule has 4 nitrogen and oxygen atoms in total. The van der Waals surface area contributed by atoms with E-state index in [-0.39, 0.29) is 0 Å². The lowest BCUT2D eigenvalue weighted by Crippen LogP contribution is -2.30. The summed E-state index contributed by atoms with van der Waals surface area (Å²) < 4.78 is 3.29. The van der Waals surface area contributed by atoms with Gasteiger partial charge in [0.1, 0.15) is 5.82 Å². The molecule has 23 heavy (non-hydrogen) atoms. The van der Waals surface area contributed by atoms with E-state index in [0.29, 0.717) is 17.7 Å². The van der Waals surface area contributed by atoms with E-state index in [9.17, 15) is 4.79 Å². The average molecular weight is 374 g/mol. The fraction of sp³-hybridized carbons (Fsp3) is 0.444. The van der Waals surface area contributed by atoms with Crippen molar-refractivity contribution in [2.24, 2.45) is 11.8 Å². The first-order chi connectivity index (χ1) is 11.2. The van der Waals surface area contributed by atoms with Gasteiger partial charge in [0.25, 0.3) is 0 Å². The fourth-order valence-corrected chi connectivity index (χ4v) is 3.63. The summed E-state index contributed by atoms with van der Waals surface area (Å²) in [5.74, 6) is 2.25. The van der Waals surface area contributed by atoms with Crippen LogP contribution >= 0.6 is 15.9 Å². The number of halogens is 1. The highest BCUT2D eigenvalue weighted by molar-refractivity contribution is 9.10. The number of hydrogen-bond acceptors (Lipinski definition) is 2. The van der Waals surface area contributed by atoms with Gasteiger partial charge in [-0.3, -0.25) is 4.79 Å². The third-order valence-electron chi connectivity index (χ3n) is 4.80. The Morgan fingerprint density at radius 3 is 2.74 bits per heavy atom. The second kappa shape index (κ2) is 6.11. The van der Waals surface area contributed by atoms with E-state index in [1.54, 1.807) is 0 Å². The number of carbonyl (C=O) groups is 1. The molecule has 5 heteroatoms. The minimum absolute atomic E-state index is 0.334. The molecule has 0 bridgehead atoms. The topological polar surface area (TPSA) is 38.1 Å². The van der Waals surface area contributed by atoms with Crippen LogP contribution in [0.2, 0.25) is 0 Å². The molecule has 0 unspecified atom stereocenters. The number of rotatable bonds is 4. The van der Waals surface area contributed by atoms with Gasteiger partial charge >= 0.3 is 0 Å². The molecule has 2 heterocycles. The van der Waals surface area contributed by atoms with Crippen molar-refractivity contribution in [1.29, 1.82) is 0 Å². The van der Waals surface area contributed by atoms with Gasteiger partial charge in [0.05, 0.1) is 0 Å². The molecule has 0 N–H and O–H groups in total. The first kappa shape index (κ1) is 14.9. The molecule has 1 aliphatic heterocycles. The van der Waals surface area contributed by atoms with Crippen molar-refractivity contribution in [3.8, 4) is 11.4 Å². The monoisotopic (exact) mass is 373 g/mol. The molecular weight excluding hydrogens is 354 g/mol. The van der Waals surface area contributed by atoms with Crippen LogP contribution in [0.25, 0.3) is 11.4 Å². The average Bonchev–Trinajstić information content (AvgIpc) is 3.14. The van der Waals surface area contributed by atoms with E-state index >= 15 is 0 Å². The first-order valence-corrected chi connectivity index (χ1v) is 9.06. The summed E-state index contributed by atoms with van der Waals surface area (Å²) >= 11 is 3.47. The number of likely N-dealkylation sites (tertiary alicyclic amines) is 1. The van der Waals surface area contributed by atoms with Crippen molar-refractivity contribution in [1.82, 2.24) is 14.5 Å². The lowest BCUT2D eigenvalue weighted by Gasteiger charge is -2.17. The Hall–Kier alpha value is -1.62. The van der Waals surface area contributed by atoms with Gasteiger partial charge in [0.15, 0.2) is 0 Å². The molecule has 1 aliphatic carbocycles. The molecule has 2 fully saturated rings. The predicted molar refractivity (Wildman–Crippen MR) is 92.8 cm³/mol. The number of benzene rings is 1. The highest BCUT2D eigenvalue weighted by Crippen LogP contribution is 2.33. The van der Waals surface area contributed by atoms with Crippen molar-refractivity contribution in [3.05, 3.63) is 41.1 Å².